The highest BCUT2D eigenvalue weighted by Crippen LogP contribution is 2.35. The van der Waals surface area contributed by atoms with Crippen LogP contribution in [0.4, 0.5) is 0 Å². The Morgan fingerprint density at radius 2 is 1.97 bits per heavy atom. The molecule has 0 aliphatic carbocycles. The van der Waals surface area contributed by atoms with Crippen molar-refractivity contribution in [3.63, 3.8) is 0 Å². The number of sulfonamides is 1. The molecule has 4 heterocycles. The van der Waals surface area contributed by atoms with Gasteiger partial charge >= 0.3 is 0 Å². The Balaban J connectivity index is 1.50. The van der Waals surface area contributed by atoms with Gasteiger partial charge in [0.1, 0.15) is 5.58 Å². The van der Waals surface area contributed by atoms with Gasteiger partial charge in [0.05, 0.1) is 4.90 Å². The molecule has 8 nitrogen and oxygen atoms in total. The van der Waals surface area contributed by atoms with Crippen molar-refractivity contribution in [2.75, 3.05) is 13.1 Å². The Morgan fingerprint density at radius 1 is 1.16 bits per heavy atom. The van der Waals surface area contributed by atoms with Crippen LogP contribution in [0, 0.1) is 12.8 Å². The number of rotatable bonds is 4. The number of hydrogen-bond donors (Lipinski definition) is 0. The lowest BCUT2D eigenvalue weighted by atomic mass is 10.0. The lowest BCUT2D eigenvalue weighted by Crippen LogP contribution is -2.37. The molecular weight excluding hydrogens is 416 g/mol. The minimum atomic E-state index is -3.55. The van der Waals surface area contributed by atoms with Gasteiger partial charge in [0.25, 0.3) is 5.89 Å². The monoisotopic (exact) mass is 438 g/mol. The van der Waals surface area contributed by atoms with Crippen LogP contribution < -0.4 is 0 Å². The number of aromatic nitrogens is 3. The van der Waals surface area contributed by atoms with Gasteiger partial charge in [-0.2, -0.15) is 9.29 Å². The first kappa shape index (κ1) is 19.9. The number of piperidine rings is 1. The second-order valence-corrected chi connectivity index (χ2v) is 9.90. The zero-order valence-corrected chi connectivity index (χ0v) is 18.1. The van der Waals surface area contributed by atoms with E-state index >= 15 is 0 Å². The van der Waals surface area contributed by atoms with Crippen LogP contribution in [0.15, 0.2) is 56.6 Å². The molecule has 0 atom stereocenters. The molecule has 0 spiro atoms. The van der Waals surface area contributed by atoms with Crippen molar-refractivity contribution in [2.24, 2.45) is 5.92 Å². The van der Waals surface area contributed by atoms with Crippen LogP contribution in [0.5, 0.6) is 0 Å². The van der Waals surface area contributed by atoms with Gasteiger partial charge in [0.15, 0.2) is 5.76 Å². The van der Waals surface area contributed by atoms with Gasteiger partial charge in [-0.25, -0.2) is 8.42 Å². The second kappa shape index (κ2) is 7.58. The van der Waals surface area contributed by atoms with E-state index in [0.29, 0.717) is 41.6 Å². The van der Waals surface area contributed by atoms with Crippen LogP contribution in [-0.2, 0) is 10.0 Å². The first-order valence-electron chi connectivity index (χ1n) is 10.2. The summed E-state index contributed by atoms with van der Waals surface area (Å²) in [5, 5.41) is 4.72. The standard InChI is InChI=1S/C22H22N4O4S/c1-14-7-10-26(11-8-14)31(27,28)17-5-6-19-18(12-17)15(2)20(29-19)22-24-21(25-30-22)16-4-3-9-23-13-16/h3-6,9,12-14H,7-8,10-11H2,1-2H3. The summed E-state index contributed by atoms with van der Waals surface area (Å²) in [5.41, 5.74) is 2.05. The van der Waals surface area contributed by atoms with Gasteiger partial charge in [-0.1, -0.05) is 12.1 Å². The average molecular weight is 439 g/mol. The van der Waals surface area contributed by atoms with E-state index < -0.39 is 10.0 Å². The first-order chi connectivity index (χ1) is 14.9. The van der Waals surface area contributed by atoms with E-state index in [2.05, 4.69) is 22.0 Å². The number of benzene rings is 1. The van der Waals surface area contributed by atoms with Crippen molar-refractivity contribution in [3.8, 4) is 23.0 Å². The van der Waals surface area contributed by atoms with E-state index in [1.165, 1.54) is 0 Å². The van der Waals surface area contributed by atoms with Crippen molar-refractivity contribution < 1.29 is 17.4 Å². The second-order valence-electron chi connectivity index (χ2n) is 7.97. The predicted octanol–water partition coefficient (Wildman–Crippen LogP) is 4.27. The number of hydrogen-bond acceptors (Lipinski definition) is 7. The van der Waals surface area contributed by atoms with Crippen LogP contribution in [0.3, 0.4) is 0 Å². The van der Waals surface area contributed by atoms with Gasteiger partial charge in [-0.05, 0) is 56.0 Å². The normalized spacial score (nSPS) is 16.2. The van der Waals surface area contributed by atoms with E-state index in [-0.39, 0.29) is 10.8 Å². The molecule has 31 heavy (non-hydrogen) atoms. The highest BCUT2D eigenvalue weighted by atomic mass is 32.2. The molecule has 0 bridgehead atoms. The van der Waals surface area contributed by atoms with Crippen molar-refractivity contribution in [1.29, 1.82) is 0 Å². The molecule has 1 fully saturated rings. The van der Waals surface area contributed by atoms with E-state index in [1.807, 2.05) is 13.0 Å². The minimum absolute atomic E-state index is 0.238. The number of nitrogens with zero attached hydrogens (tertiary/aromatic N) is 4. The van der Waals surface area contributed by atoms with Crippen LogP contribution in [0.1, 0.15) is 25.3 Å². The molecule has 0 radical (unpaired) electrons. The van der Waals surface area contributed by atoms with Gasteiger partial charge in [0, 0.05) is 42.0 Å². The molecule has 1 saturated heterocycles. The Morgan fingerprint density at radius 3 is 2.71 bits per heavy atom. The number of pyridine rings is 1. The SMILES string of the molecule is Cc1c(-c2nc(-c3cccnc3)no2)oc2ccc(S(=O)(=O)N3CCC(C)CC3)cc12. The molecule has 3 aromatic heterocycles. The largest absolute Gasteiger partial charge is 0.451 e. The van der Waals surface area contributed by atoms with Crippen molar-refractivity contribution >= 4 is 21.0 Å². The van der Waals surface area contributed by atoms with Crippen molar-refractivity contribution in [3.05, 3.63) is 48.3 Å². The maximum atomic E-state index is 13.1. The fraction of sp³-hybridized carbons (Fsp3) is 0.318. The molecule has 0 saturated carbocycles. The summed E-state index contributed by atoms with van der Waals surface area (Å²) < 4.78 is 39.2. The quantitative estimate of drug-likeness (QED) is 0.469. The van der Waals surface area contributed by atoms with Crippen LogP contribution in [-0.4, -0.2) is 40.9 Å². The number of aryl methyl sites for hydroxylation is 1. The highest BCUT2D eigenvalue weighted by Gasteiger charge is 2.29. The topological polar surface area (TPSA) is 102 Å². The summed E-state index contributed by atoms with van der Waals surface area (Å²) in [6, 6.07) is 8.58. The van der Waals surface area contributed by atoms with Gasteiger partial charge < -0.3 is 8.94 Å². The average Bonchev–Trinajstić information content (AvgIpc) is 3.39. The van der Waals surface area contributed by atoms with E-state index in [4.69, 9.17) is 8.94 Å². The predicted molar refractivity (Wildman–Crippen MR) is 115 cm³/mol. The lowest BCUT2D eigenvalue weighted by Gasteiger charge is -2.29. The third kappa shape index (κ3) is 3.53. The van der Waals surface area contributed by atoms with Crippen molar-refractivity contribution in [2.45, 2.75) is 31.6 Å². The summed E-state index contributed by atoms with van der Waals surface area (Å²) in [4.78, 5) is 8.76. The number of furan rings is 1. The number of fused-ring (bicyclic) bond motifs is 1. The maximum absolute atomic E-state index is 13.1. The molecular formula is C22H22N4O4S. The van der Waals surface area contributed by atoms with Crippen molar-refractivity contribution in [1.82, 2.24) is 19.4 Å². The molecule has 5 rings (SSSR count). The van der Waals surface area contributed by atoms with E-state index in [1.54, 1.807) is 41.0 Å². The molecule has 0 unspecified atom stereocenters. The Kier molecular flexibility index (Phi) is 4.86. The molecule has 4 aromatic rings. The van der Waals surface area contributed by atoms with Crippen LogP contribution >= 0.6 is 0 Å². The maximum Gasteiger partial charge on any atom is 0.294 e. The Hall–Kier alpha value is -3.04. The van der Waals surface area contributed by atoms with Gasteiger partial charge in [-0.3, -0.25) is 4.98 Å². The summed E-state index contributed by atoms with van der Waals surface area (Å²) >= 11 is 0. The zero-order valence-electron chi connectivity index (χ0n) is 17.3. The molecule has 9 heteroatoms. The first-order valence-corrected chi connectivity index (χ1v) is 11.7. The summed E-state index contributed by atoms with van der Waals surface area (Å²) in [6.45, 7) is 5.12. The third-order valence-electron chi connectivity index (χ3n) is 5.83. The minimum Gasteiger partial charge on any atom is -0.451 e. The lowest BCUT2D eigenvalue weighted by molar-refractivity contribution is 0.288. The third-order valence-corrected chi connectivity index (χ3v) is 7.72. The van der Waals surface area contributed by atoms with Gasteiger partial charge in [0.2, 0.25) is 15.8 Å². The molecule has 1 aromatic carbocycles. The molecule has 160 valence electrons. The van der Waals surface area contributed by atoms with E-state index in [0.717, 1.165) is 24.0 Å². The fourth-order valence-electron chi connectivity index (χ4n) is 3.87. The van der Waals surface area contributed by atoms with Gasteiger partial charge in [-0.15, -0.1) is 0 Å². The molecule has 0 N–H and O–H groups in total. The summed E-state index contributed by atoms with van der Waals surface area (Å²) in [6.07, 6.45) is 5.09. The molecule has 0 amide bonds. The Labute approximate surface area is 179 Å². The molecule has 1 aliphatic heterocycles. The zero-order chi connectivity index (χ0) is 21.6. The highest BCUT2D eigenvalue weighted by molar-refractivity contribution is 7.89. The summed E-state index contributed by atoms with van der Waals surface area (Å²) in [7, 11) is -3.55. The molecule has 1 aliphatic rings. The van der Waals surface area contributed by atoms with Crippen LogP contribution in [0.2, 0.25) is 0 Å². The summed E-state index contributed by atoms with van der Waals surface area (Å²) in [5.74, 6) is 1.63. The van der Waals surface area contributed by atoms with Crippen LogP contribution in [0.25, 0.3) is 34.0 Å². The van der Waals surface area contributed by atoms with E-state index in [9.17, 15) is 8.42 Å². The smallest absolute Gasteiger partial charge is 0.294 e. The fourth-order valence-corrected chi connectivity index (χ4v) is 5.36. The Bertz CT molecular complexity index is 1340.